The monoisotopic (exact) mass is 345 g/mol. The Kier molecular flexibility index (Phi) is 4.36. The van der Waals surface area contributed by atoms with E-state index >= 15 is 0 Å². The second-order valence-corrected chi connectivity index (χ2v) is 7.99. The zero-order valence-electron chi connectivity index (χ0n) is 15.9. The van der Waals surface area contributed by atoms with Crippen LogP contribution in [0.1, 0.15) is 38.7 Å². The summed E-state index contributed by atoms with van der Waals surface area (Å²) < 4.78 is 6.11. The maximum Gasteiger partial charge on any atom is 0.120 e. The molecule has 0 N–H and O–H groups in total. The van der Waals surface area contributed by atoms with Gasteiger partial charge in [0.1, 0.15) is 12.4 Å². The van der Waals surface area contributed by atoms with Crippen molar-refractivity contribution in [2.45, 2.75) is 38.6 Å². The first-order valence-corrected chi connectivity index (χ1v) is 9.53. The zero-order chi connectivity index (χ0) is 18.1. The molecule has 1 aliphatic heterocycles. The molecule has 0 radical (unpaired) electrons. The van der Waals surface area contributed by atoms with Gasteiger partial charge in [0, 0.05) is 11.2 Å². The third-order valence-corrected chi connectivity index (χ3v) is 5.60. The molecule has 0 saturated heterocycles. The minimum absolute atomic E-state index is 0.139. The Bertz CT molecular complexity index is 915. The van der Waals surface area contributed by atoms with Crippen LogP contribution in [0.2, 0.25) is 0 Å². The number of fused-ring (bicyclic) bond motifs is 2. The van der Waals surface area contributed by atoms with Gasteiger partial charge in [0.15, 0.2) is 0 Å². The molecule has 2 nitrogen and oxygen atoms in total. The number of rotatable bonds is 4. The Hall–Kier alpha value is -2.48. The van der Waals surface area contributed by atoms with Crippen LogP contribution in [0.4, 0.5) is 5.69 Å². The highest BCUT2D eigenvalue weighted by molar-refractivity contribution is 5.83. The lowest BCUT2D eigenvalue weighted by Crippen LogP contribution is -2.50. The van der Waals surface area contributed by atoms with Crippen LogP contribution >= 0.6 is 0 Å². The third-order valence-electron chi connectivity index (χ3n) is 5.60. The van der Waals surface area contributed by atoms with Gasteiger partial charge in [0.2, 0.25) is 0 Å². The van der Waals surface area contributed by atoms with Gasteiger partial charge in [0.05, 0.1) is 6.54 Å². The molecule has 26 heavy (non-hydrogen) atoms. The van der Waals surface area contributed by atoms with Crippen molar-refractivity contribution >= 4 is 16.5 Å². The summed E-state index contributed by atoms with van der Waals surface area (Å²) in [6.07, 6.45) is 1.17. The van der Waals surface area contributed by atoms with Crippen molar-refractivity contribution in [3.8, 4) is 5.75 Å². The van der Waals surface area contributed by atoms with Crippen LogP contribution in [0.25, 0.3) is 10.8 Å². The Morgan fingerprint density at radius 1 is 0.962 bits per heavy atom. The number of anilines is 1. The summed E-state index contributed by atoms with van der Waals surface area (Å²) in [4.78, 5) is 2.52. The second kappa shape index (κ2) is 6.68. The van der Waals surface area contributed by atoms with Crippen LogP contribution in [-0.2, 0) is 0 Å². The van der Waals surface area contributed by atoms with Gasteiger partial charge in [0.25, 0.3) is 0 Å². The quantitative estimate of drug-likeness (QED) is 0.574. The Balaban J connectivity index is 1.50. The van der Waals surface area contributed by atoms with E-state index in [0.29, 0.717) is 12.5 Å². The SMILES string of the molecule is CC1CC(C)(C)N(CCOc2ccc3ccccc3c2)c2ccccc21. The summed E-state index contributed by atoms with van der Waals surface area (Å²) in [5.74, 6) is 1.54. The van der Waals surface area contributed by atoms with Gasteiger partial charge >= 0.3 is 0 Å². The van der Waals surface area contributed by atoms with Crippen molar-refractivity contribution in [3.63, 3.8) is 0 Å². The van der Waals surface area contributed by atoms with Crippen LogP contribution in [0.5, 0.6) is 5.75 Å². The number of ether oxygens (including phenoxy) is 1. The molecule has 2 heteroatoms. The summed E-state index contributed by atoms with van der Waals surface area (Å²) in [6, 6.07) is 23.6. The molecule has 0 fully saturated rings. The largest absolute Gasteiger partial charge is 0.492 e. The summed E-state index contributed by atoms with van der Waals surface area (Å²) in [6.45, 7) is 8.60. The predicted molar refractivity (Wildman–Crippen MR) is 110 cm³/mol. The van der Waals surface area contributed by atoms with Gasteiger partial charge in [-0.05, 0) is 60.7 Å². The average molecular weight is 345 g/mol. The lowest BCUT2D eigenvalue weighted by atomic mass is 9.80. The molecule has 0 aromatic heterocycles. The van der Waals surface area contributed by atoms with E-state index in [0.717, 1.165) is 12.3 Å². The normalized spacial score (nSPS) is 18.6. The van der Waals surface area contributed by atoms with Crippen molar-refractivity contribution in [1.82, 2.24) is 0 Å². The Morgan fingerprint density at radius 2 is 1.69 bits per heavy atom. The standard InChI is InChI=1S/C24H27NO/c1-18-17-24(2,3)25(23-11-7-6-10-22(18)23)14-15-26-21-13-12-19-8-4-5-9-20(19)16-21/h4-13,16,18H,14-15,17H2,1-3H3. The van der Waals surface area contributed by atoms with E-state index in [9.17, 15) is 0 Å². The summed E-state index contributed by atoms with van der Waals surface area (Å²) >= 11 is 0. The third kappa shape index (κ3) is 3.16. The van der Waals surface area contributed by atoms with Gasteiger partial charge in [-0.25, -0.2) is 0 Å². The molecular formula is C24H27NO. The molecule has 1 atom stereocenters. The van der Waals surface area contributed by atoms with Crippen molar-refractivity contribution < 1.29 is 4.74 Å². The van der Waals surface area contributed by atoms with Gasteiger partial charge in [-0.3, -0.25) is 0 Å². The summed E-state index contributed by atoms with van der Waals surface area (Å²) in [5.41, 5.74) is 2.96. The first-order valence-electron chi connectivity index (χ1n) is 9.53. The fourth-order valence-electron chi connectivity index (χ4n) is 4.38. The molecule has 3 aromatic carbocycles. The van der Waals surface area contributed by atoms with E-state index < -0.39 is 0 Å². The summed E-state index contributed by atoms with van der Waals surface area (Å²) in [7, 11) is 0. The van der Waals surface area contributed by atoms with Gasteiger partial charge in [-0.15, -0.1) is 0 Å². The van der Waals surface area contributed by atoms with Crippen LogP contribution in [-0.4, -0.2) is 18.7 Å². The van der Waals surface area contributed by atoms with Crippen molar-refractivity contribution in [2.75, 3.05) is 18.1 Å². The molecule has 1 aliphatic rings. The van der Waals surface area contributed by atoms with Crippen molar-refractivity contribution in [2.24, 2.45) is 0 Å². The molecule has 0 bridgehead atoms. The molecule has 1 unspecified atom stereocenters. The van der Waals surface area contributed by atoms with Crippen LogP contribution in [0.15, 0.2) is 66.7 Å². The molecule has 4 rings (SSSR count). The van der Waals surface area contributed by atoms with Crippen LogP contribution in [0, 0.1) is 0 Å². The maximum absolute atomic E-state index is 6.11. The number of hydrogen-bond acceptors (Lipinski definition) is 2. The lowest BCUT2D eigenvalue weighted by molar-refractivity contribution is 0.295. The Labute approximate surface area is 156 Å². The fraction of sp³-hybridized carbons (Fsp3) is 0.333. The molecule has 0 amide bonds. The van der Waals surface area contributed by atoms with E-state index in [1.165, 1.54) is 28.4 Å². The van der Waals surface area contributed by atoms with Crippen molar-refractivity contribution in [1.29, 1.82) is 0 Å². The predicted octanol–water partition coefficient (Wildman–Crippen LogP) is 6.01. The van der Waals surface area contributed by atoms with Gasteiger partial charge < -0.3 is 9.64 Å². The molecule has 3 aromatic rings. The number of hydrogen-bond donors (Lipinski definition) is 0. The van der Waals surface area contributed by atoms with Crippen molar-refractivity contribution in [3.05, 3.63) is 72.3 Å². The van der Waals surface area contributed by atoms with E-state index in [2.05, 4.69) is 92.4 Å². The smallest absolute Gasteiger partial charge is 0.120 e. The number of nitrogens with zero attached hydrogens (tertiary/aromatic N) is 1. The Morgan fingerprint density at radius 3 is 2.54 bits per heavy atom. The molecule has 134 valence electrons. The average Bonchev–Trinajstić information content (AvgIpc) is 2.64. The highest BCUT2D eigenvalue weighted by atomic mass is 16.5. The zero-order valence-corrected chi connectivity index (χ0v) is 15.9. The summed E-state index contributed by atoms with van der Waals surface area (Å²) in [5, 5.41) is 2.47. The van der Waals surface area contributed by atoms with E-state index in [1.54, 1.807) is 0 Å². The number of para-hydroxylation sites is 1. The lowest BCUT2D eigenvalue weighted by Gasteiger charge is -2.47. The molecular weight excluding hydrogens is 318 g/mol. The van der Waals surface area contributed by atoms with Gasteiger partial charge in [-0.2, -0.15) is 0 Å². The molecule has 0 saturated carbocycles. The first-order chi connectivity index (χ1) is 12.5. The fourth-order valence-corrected chi connectivity index (χ4v) is 4.38. The topological polar surface area (TPSA) is 12.5 Å². The minimum atomic E-state index is 0.139. The van der Waals surface area contributed by atoms with Crippen LogP contribution < -0.4 is 9.64 Å². The van der Waals surface area contributed by atoms with Gasteiger partial charge in [-0.1, -0.05) is 55.5 Å². The number of benzene rings is 3. The van der Waals surface area contributed by atoms with Crippen LogP contribution in [0.3, 0.4) is 0 Å². The van der Waals surface area contributed by atoms with E-state index in [-0.39, 0.29) is 5.54 Å². The highest BCUT2D eigenvalue weighted by Crippen LogP contribution is 2.42. The van der Waals surface area contributed by atoms with E-state index in [1.807, 2.05) is 0 Å². The minimum Gasteiger partial charge on any atom is -0.492 e. The first kappa shape index (κ1) is 17.0. The maximum atomic E-state index is 6.11. The second-order valence-electron chi connectivity index (χ2n) is 7.99. The highest BCUT2D eigenvalue weighted by Gasteiger charge is 2.35. The molecule has 1 heterocycles. The molecule has 0 aliphatic carbocycles. The molecule has 0 spiro atoms. The van der Waals surface area contributed by atoms with E-state index in [4.69, 9.17) is 4.74 Å².